The highest BCUT2D eigenvalue weighted by Gasteiger charge is 2.33. The number of amides is 2. The van der Waals surface area contributed by atoms with Crippen LogP contribution in [-0.4, -0.2) is 60.3 Å². The molecule has 0 saturated carbocycles. The molecule has 0 aliphatic carbocycles. The van der Waals surface area contributed by atoms with E-state index in [4.69, 9.17) is 9.47 Å². The number of hydrogen-bond donors (Lipinski definition) is 1. The van der Waals surface area contributed by atoms with Gasteiger partial charge in [0.05, 0.1) is 7.11 Å². The summed E-state index contributed by atoms with van der Waals surface area (Å²) in [5, 5.41) is 9.23. The smallest absolute Gasteiger partial charge is 0.410 e. The molecule has 2 amide bonds. The number of hydrogen-bond acceptors (Lipinski definition) is 5. The molecule has 28 heavy (non-hydrogen) atoms. The minimum absolute atomic E-state index is 0.253. The zero-order chi connectivity index (χ0) is 20.9. The lowest BCUT2D eigenvalue weighted by atomic mass is 9.95. The SMILES string of the molecule is COc1ccc(N(CC(=O)O)C(=O)C2CCN(C(=O)OC(C)(C)C)CC2)cc1. The maximum Gasteiger partial charge on any atom is 0.410 e. The number of piperidine rings is 1. The van der Waals surface area contributed by atoms with Crippen molar-refractivity contribution in [2.24, 2.45) is 5.92 Å². The summed E-state index contributed by atoms with van der Waals surface area (Å²) in [6, 6.07) is 6.69. The number of carbonyl (C=O) groups excluding carboxylic acids is 2. The summed E-state index contributed by atoms with van der Waals surface area (Å²) >= 11 is 0. The van der Waals surface area contributed by atoms with Crippen LogP contribution in [0.3, 0.4) is 0 Å². The van der Waals surface area contributed by atoms with Crippen LogP contribution in [-0.2, 0) is 14.3 Å². The predicted octanol–water partition coefficient (Wildman–Crippen LogP) is 2.76. The predicted molar refractivity (Wildman–Crippen MR) is 104 cm³/mol. The van der Waals surface area contributed by atoms with Crippen molar-refractivity contribution in [3.05, 3.63) is 24.3 Å². The standard InChI is InChI=1S/C20H28N2O6/c1-20(2,3)28-19(26)21-11-9-14(10-12-21)18(25)22(13-17(23)24)15-5-7-16(27-4)8-6-15/h5-8,14H,9-13H2,1-4H3,(H,23,24). The molecule has 0 atom stereocenters. The lowest BCUT2D eigenvalue weighted by molar-refractivity contribution is -0.137. The van der Waals surface area contributed by atoms with E-state index in [2.05, 4.69) is 0 Å². The number of carboxylic acid groups (broad SMARTS) is 1. The Balaban J connectivity index is 2.05. The molecule has 1 aromatic rings. The molecular weight excluding hydrogens is 364 g/mol. The molecule has 1 fully saturated rings. The van der Waals surface area contributed by atoms with Gasteiger partial charge in [0.2, 0.25) is 5.91 Å². The van der Waals surface area contributed by atoms with E-state index >= 15 is 0 Å². The fourth-order valence-corrected chi connectivity index (χ4v) is 3.05. The third kappa shape index (κ3) is 5.87. The maximum absolute atomic E-state index is 13.0. The fraction of sp³-hybridized carbons (Fsp3) is 0.550. The molecule has 0 bridgehead atoms. The van der Waals surface area contributed by atoms with Gasteiger partial charge in [0, 0.05) is 24.7 Å². The Morgan fingerprint density at radius 3 is 2.18 bits per heavy atom. The molecule has 1 N–H and O–H groups in total. The minimum Gasteiger partial charge on any atom is -0.497 e. The Morgan fingerprint density at radius 1 is 1.14 bits per heavy atom. The molecule has 1 heterocycles. The summed E-state index contributed by atoms with van der Waals surface area (Å²) in [4.78, 5) is 39.3. The van der Waals surface area contributed by atoms with E-state index in [1.54, 1.807) is 49.9 Å². The molecule has 8 nitrogen and oxygen atoms in total. The van der Waals surface area contributed by atoms with Crippen LogP contribution in [0, 0.1) is 5.92 Å². The summed E-state index contributed by atoms with van der Waals surface area (Å²) in [5.41, 5.74) is -0.0704. The van der Waals surface area contributed by atoms with E-state index < -0.39 is 24.2 Å². The number of carbonyl (C=O) groups is 3. The van der Waals surface area contributed by atoms with Gasteiger partial charge in [-0.15, -0.1) is 0 Å². The van der Waals surface area contributed by atoms with E-state index in [-0.39, 0.29) is 11.8 Å². The number of carboxylic acids is 1. The monoisotopic (exact) mass is 392 g/mol. The van der Waals surface area contributed by atoms with Gasteiger partial charge in [-0.25, -0.2) is 4.79 Å². The first-order valence-corrected chi connectivity index (χ1v) is 9.26. The molecule has 0 radical (unpaired) electrons. The number of aliphatic carboxylic acids is 1. The van der Waals surface area contributed by atoms with Gasteiger partial charge >= 0.3 is 12.1 Å². The number of nitrogens with zero attached hydrogens (tertiary/aromatic N) is 2. The molecule has 1 saturated heterocycles. The van der Waals surface area contributed by atoms with Gasteiger partial charge in [0.15, 0.2) is 0 Å². The topological polar surface area (TPSA) is 96.4 Å². The van der Waals surface area contributed by atoms with Crippen molar-refractivity contribution in [3.8, 4) is 5.75 Å². The van der Waals surface area contributed by atoms with Crippen LogP contribution in [0.25, 0.3) is 0 Å². The summed E-state index contributed by atoms with van der Waals surface area (Å²) in [6.07, 6.45) is 0.533. The molecule has 8 heteroatoms. The number of methoxy groups -OCH3 is 1. The van der Waals surface area contributed by atoms with Crippen molar-refractivity contribution < 1.29 is 29.0 Å². The van der Waals surface area contributed by atoms with E-state index in [1.165, 1.54) is 12.0 Å². The van der Waals surface area contributed by atoms with Crippen LogP contribution in [0.15, 0.2) is 24.3 Å². The molecule has 0 aromatic heterocycles. The molecule has 1 aromatic carbocycles. The van der Waals surface area contributed by atoms with Gasteiger partial charge in [0.1, 0.15) is 17.9 Å². The van der Waals surface area contributed by atoms with Gasteiger partial charge in [-0.2, -0.15) is 0 Å². The molecule has 0 spiro atoms. The van der Waals surface area contributed by atoms with Crippen molar-refractivity contribution in [2.75, 3.05) is 31.6 Å². The molecule has 2 rings (SSSR count). The Hall–Kier alpha value is -2.77. The highest BCUT2D eigenvalue weighted by Crippen LogP contribution is 2.26. The Labute approximate surface area is 165 Å². The number of benzene rings is 1. The largest absolute Gasteiger partial charge is 0.497 e. The van der Waals surface area contributed by atoms with Gasteiger partial charge in [0.25, 0.3) is 0 Å². The minimum atomic E-state index is -1.09. The highest BCUT2D eigenvalue weighted by molar-refractivity contribution is 5.98. The summed E-state index contributed by atoms with van der Waals surface area (Å²) in [6.45, 7) is 5.79. The number of likely N-dealkylation sites (tertiary alicyclic amines) is 1. The average Bonchev–Trinajstić information content (AvgIpc) is 2.64. The van der Waals surface area contributed by atoms with Crippen LogP contribution in [0.4, 0.5) is 10.5 Å². The van der Waals surface area contributed by atoms with E-state index in [0.29, 0.717) is 37.4 Å². The maximum atomic E-state index is 13.0. The van der Waals surface area contributed by atoms with Crippen molar-refractivity contribution in [1.82, 2.24) is 4.90 Å². The van der Waals surface area contributed by atoms with Crippen LogP contribution in [0.1, 0.15) is 33.6 Å². The third-order valence-corrected chi connectivity index (χ3v) is 4.44. The van der Waals surface area contributed by atoms with Gasteiger partial charge in [-0.1, -0.05) is 0 Å². The van der Waals surface area contributed by atoms with Crippen LogP contribution < -0.4 is 9.64 Å². The Bertz CT molecular complexity index is 702. The van der Waals surface area contributed by atoms with Gasteiger partial charge in [-0.05, 0) is 57.9 Å². The quantitative estimate of drug-likeness (QED) is 0.828. The molecule has 1 aliphatic rings. The van der Waals surface area contributed by atoms with Crippen molar-refractivity contribution in [3.63, 3.8) is 0 Å². The van der Waals surface area contributed by atoms with Crippen LogP contribution in [0.2, 0.25) is 0 Å². The first kappa shape index (κ1) is 21.5. The summed E-state index contributed by atoms with van der Waals surface area (Å²) < 4.78 is 10.5. The Kier molecular flexibility index (Phi) is 6.88. The number of ether oxygens (including phenoxy) is 2. The second kappa shape index (κ2) is 8.95. The van der Waals surface area contributed by atoms with Crippen molar-refractivity contribution >= 4 is 23.7 Å². The van der Waals surface area contributed by atoms with E-state index in [9.17, 15) is 19.5 Å². The summed E-state index contributed by atoms with van der Waals surface area (Å²) in [5.74, 6) is -1.07. The molecular formula is C20H28N2O6. The lowest BCUT2D eigenvalue weighted by Gasteiger charge is -2.34. The second-order valence-corrected chi connectivity index (χ2v) is 7.76. The van der Waals surface area contributed by atoms with Crippen LogP contribution >= 0.6 is 0 Å². The van der Waals surface area contributed by atoms with Gasteiger partial charge in [-0.3, -0.25) is 9.59 Å². The average molecular weight is 392 g/mol. The first-order chi connectivity index (χ1) is 13.1. The molecule has 0 unspecified atom stereocenters. The number of rotatable bonds is 5. The van der Waals surface area contributed by atoms with Crippen molar-refractivity contribution in [2.45, 2.75) is 39.2 Å². The summed E-state index contributed by atoms with van der Waals surface area (Å²) in [7, 11) is 1.54. The normalized spacial score (nSPS) is 15.1. The fourth-order valence-electron chi connectivity index (χ4n) is 3.05. The van der Waals surface area contributed by atoms with Crippen LogP contribution in [0.5, 0.6) is 5.75 Å². The molecule has 154 valence electrons. The lowest BCUT2D eigenvalue weighted by Crippen LogP contribution is -2.47. The highest BCUT2D eigenvalue weighted by atomic mass is 16.6. The number of anilines is 1. The molecule has 1 aliphatic heterocycles. The van der Waals surface area contributed by atoms with Crippen molar-refractivity contribution in [1.29, 1.82) is 0 Å². The van der Waals surface area contributed by atoms with Gasteiger partial charge < -0.3 is 24.4 Å². The zero-order valence-corrected chi connectivity index (χ0v) is 16.8. The zero-order valence-electron chi connectivity index (χ0n) is 16.8. The second-order valence-electron chi connectivity index (χ2n) is 7.76. The van der Waals surface area contributed by atoms with E-state index in [0.717, 1.165) is 0 Å². The first-order valence-electron chi connectivity index (χ1n) is 9.26. The third-order valence-electron chi connectivity index (χ3n) is 4.44. The Morgan fingerprint density at radius 2 is 1.71 bits per heavy atom. The van der Waals surface area contributed by atoms with E-state index in [1.807, 2.05) is 0 Å².